The number of rotatable bonds is 7. The van der Waals surface area contributed by atoms with Crippen molar-refractivity contribution in [2.24, 2.45) is 0 Å². The second-order valence-corrected chi connectivity index (χ2v) is 7.94. The maximum absolute atomic E-state index is 13.3. The fourth-order valence-electron chi connectivity index (χ4n) is 4.08. The van der Waals surface area contributed by atoms with E-state index in [0.717, 1.165) is 21.2 Å². The Bertz CT molecular complexity index is 1240. The fourth-order valence-corrected chi connectivity index (χ4v) is 4.08. The zero-order valence-corrected chi connectivity index (χ0v) is 18.7. The maximum atomic E-state index is 13.3. The lowest BCUT2D eigenvalue weighted by Gasteiger charge is -2.24. The normalized spacial score (nSPS) is 17.7. The summed E-state index contributed by atoms with van der Waals surface area (Å²) in [6.07, 6.45) is 0. The number of fused-ring (bicyclic) bond motifs is 1. The van der Waals surface area contributed by atoms with Crippen LogP contribution in [-0.4, -0.2) is 43.5 Å². The van der Waals surface area contributed by atoms with Crippen LogP contribution in [0.2, 0.25) is 0 Å². The zero-order chi connectivity index (χ0) is 23.6. The summed E-state index contributed by atoms with van der Waals surface area (Å²) in [5.41, 5.74) is 0.215. The van der Waals surface area contributed by atoms with Crippen molar-refractivity contribution in [3.05, 3.63) is 71.8 Å². The molecule has 1 heterocycles. The van der Waals surface area contributed by atoms with Crippen LogP contribution >= 0.6 is 0 Å². The number of carbonyl (C=O) groups is 3. The molecule has 8 heteroatoms. The van der Waals surface area contributed by atoms with Gasteiger partial charge in [0.25, 0.3) is 5.91 Å². The first-order chi connectivity index (χ1) is 15.9. The molecule has 0 radical (unpaired) electrons. The van der Waals surface area contributed by atoms with E-state index in [0.29, 0.717) is 17.1 Å². The lowest BCUT2D eigenvalue weighted by Crippen LogP contribution is -2.43. The van der Waals surface area contributed by atoms with Crippen molar-refractivity contribution in [2.45, 2.75) is 19.0 Å². The molecule has 3 aromatic carbocycles. The second kappa shape index (κ2) is 8.82. The number of methoxy groups -OCH3 is 2. The predicted octanol–water partition coefficient (Wildman–Crippen LogP) is 2.94. The summed E-state index contributed by atoms with van der Waals surface area (Å²) < 4.78 is 10.5. The molecule has 4 rings (SSSR count). The van der Waals surface area contributed by atoms with Gasteiger partial charge in [0.05, 0.1) is 14.2 Å². The standard InChI is InChI=1S/C25H25N3O5/c1-25(19-10-6-8-17-7-4-5-9-18(17)19)23(30)28(24(31)27-25)15-22(29)26-14-16-11-12-20(32-2)21(13-16)33-3/h4-13H,14-15H2,1-3H3,(H,26,29)(H,27,31)/t25-/m0/s1. The molecular formula is C25H25N3O5. The summed E-state index contributed by atoms with van der Waals surface area (Å²) >= 11 is 0. The number of nitrogens with one attached hydrogen (secondary N) is 2. The van der Waals surface area contributed by atoms with Gasteiger partial charge in [0, 0.05) is 6.54 Å². The van der Waals surface area contributed by atoms with Crippen molar-refractivity contribution in [3.8, 4) is 11.5 Å². The maximum Gasteiger partial charge on any atom is 0.325 e. The van der Waals surface area contributed by atoms with Crippen molar-refractivity contribution in [3.63, 3.8) is 0 Å². The highest BCUT2D eigenvalue weighted by molar-refractivity contribution is 6.10. The monoisotopic (exact) mass is 447 g/mol. The third-order valence-corrected chi connectivity index (χ3v) is 5.84. The lowest BCUT2D eigenvalue weighted by atomic mass is 9.88. The Hall–Kier alpha value is -4.07. The van der Waals surface area contributed by atoms with Gasteiger partial charge in [-0.1, -0.05) is 48.5 Å². The van der Waals surface area contributed by atoms with Gasteiger partial charge in [0.2, 0.25) is 5.91 Å². The van der Waals surface area contributed by atoms with E-state index in [9.17, 15) is 14.4 Å². The highest BCUT2D eigenvalue weighted by atomic mass is 16.5. The van der Waals surface area contributed by atoms with Gasteiger partial charge in [-0.15, -0.1) is 0 Å². The molecule has 0 spiro atoms. The van der Waals surface area contributed by atoms with Crippen LogP contribution in [0, 0.1) is 0 Å². The molecule has 0 aliphatic carbocycles. The van der Waals surface area contributed by atoms with Crippen molar-refractivity contribution < 1.29 is 23.9 Å². The summed E-state index contributed by atoms with van der Waals surface area (Å²) in [5, 5.41) is 7.35. The van der Waals surface area contributed by atoms with Crippen LogP contribution in [0.1, 0.15) is 18.1 Å². The van der Waals surface area contributed by atoms with E-state index < -0.39 is 23.4 Å². The highest BCUT2D eigenvalue weighted by Crippen LogP contribution is 2.33. The van der Waals surface area contributed by atoms with Crippen molar-refractivity contribution >= 4 is 28.6 Å². The number of imide groups is 1. The molecule has 3 aromatic rings. The van der Waals surface area contributed by atoms with Crippen LogP contribution in [0.25, 0.3) is 10.8 Å². The number of carbonyl (C=O) groups excluding carboxylic acids is 3. The Labute approximate surface area is 191 Å². The smallest absolute Gasteiger partial charge is 0.325 e. The topological polar surface area (TPSA) is 97.0 Å². The number of urea groups is 1. The molecule has 2 N–H and O–H groups in total. The SMILES string of the molecule is COc1ccc(CNC(=O)CN2C(=O)N[C@@](C)(c3cccc4ccccc34)C2=O)cc1OC. The Morgan fingerprint density at radius 2 is 1.73 bits per heavy atom. The summed E-state index contributed by atoms with van der Waals surface area (Å²) in [4.78, 5) is 39.4. The van der Waals surface area contributed by atoms with E-state index in [1.54, 1.807) is 32.2 Å². The van der Waals surface area contributed by atoms with Gasteiger partial charge in [-0.2, -0.15) is 0 Å². The average Bonchev–Trinajstić information content (AvgIpc) is 3.05. The summed E-state index contributed by atoms with van der Waals surface area (Å²) in [6, 6.07) is 18.0. The number of benzene rings is 3. The fraction of sp³-hybridized carbons (Fsp3) is 0.240. The number of nitrogens with zero attached hydrogens (tertiary/aromatic N) is 1. The van der Waals surface area contributed by atoms with Gasteiger partial charge in [-0.3, -0.25) is 14.5 Å². The van der Waals surface area contributed by atoms with Gasteiger partial charge < -0.3 is 20.1 Å². The number of ether oxygens (including phenoxy) is 2. The molecule has 33 heavy (non-hydrogen) atoms. The van der Waals surface area contributed by atoms with E-state index in [-0.39, 0.29) is 13.1 Å². The van der Waals surface area contributed by atoms with Crippen molar-refractivity contribution in [1.29, 1.82) is 0 Å². The summed E-state index contributed by atoms with van der Waals surface area (Å²) in [6.45, 7) is 1.50. The number of hydrogen-bond acceptors (Lipinski definition) is 5. The predicted molar refractivity (Wildman–Crippen MR) is 123 cm³/mol. The lowest BCUT2D eigenvalue weighted by molar-refractivity contribution is -0.134. The third kappa shape index (κ3) is 4.07. The third-order valence-electron chi connectivity index (χ3n) is 5.84. The quantitative estimate of drug-likeness (QED) is 0.543. The van der Waals surface area contributed by atoms with E-state index in [2.05, 4.69) is 10.6 Å². The molecule has 1 saturated heterocycles. The number of hydrogen-bond donors (Lipinski definition) is 2. The molecule has 1 fully saturated rings. The average molecular weight is 447 g/mol. The van der Waals surface area contributed by atoms with Crippen molar-refractivity contribution in [2.75, 3.05) is 20.8 Å². The molecule has 0 bridgehead atoms. The largest absolute Gasteiger partial charge is 0.493 e. The first kappa shape index (κ1) is 22.1. The minimum absolute atomic E-state index is 0.212. The second-order valence-electron chi connectivity index (χ2n) is 7.94. The Morgan fingerprint density at radius 1 is 1.00 bits per heavy atom. The van der Waals surface area contributed by atoms with E-state index >= 15 is 0 Å². The molecule has 1 atom stereocenters. The van der Waals surface area contributed by atoms with Crippen LogP contribution in [-0.2, 0) is 21.7 Å². The van der Waals surface area contributed by atoms with Gasteiger partial charge >= 0.3 is 6.03 Å². The zero-order valence-electron chi connectivity index (χ0n) is 18.7. The molecule has 1 aliphatic heterocycles. The van der Waals surface area contributed by atoms with E-state index in [4.69, 9.17) is 9.47 Å². The first-order valence-electron chi connectivity index (χ1n) is 10.5. The molecule has 1 aliphatic rings. The Balaban J connectivity index is 1.47. The van der Waals surface area contributed by atoms with E-state index in [1.165, 1.54) is 7.11 Å². The highest BCUT2D eigenvalue weighted by Gasteiger charge is 2.50. The molecule has 0 saturated carbocycles. The van der Waals surface area contributed by atoms with E-state index in [1.807, 2.05) is 42.5 Å². The van der Waals surface area contributed by atoms with Crippen molar-refractivity contribution in [1.82, 2.24) is 15.5 Å². The molecule has 8 nitrogen and oxygen atoms in total. The van der Waals surface area contributed by atoms with Gasteiger partial charge in [0.15, 0.2) is 11.5 Å². The van der Waals surface area contributed by atoms with Crippen LogP contribution in [0.4, 0.5) is 4.79 Å². The number of amides is 4. The molecule has 0 unspecified atom stereocenters. The molecule has 170 valence electrons. The Kier molecular flexibility index (Phi) is 5.91. The minimum Gasteiger partial charge on any atom is -0.493 e. The summed E-state index contributed by atoms with van der Waals surface area (Å²) in [7, 11) is 3.08. The molecule has 0 aromatic heterocycles. The minimum atomic E-state index is -1.26. The van der Waals surface area contributed by atoms with Crippen LogP contribution in [0.5, 0.6) is 11.5 Å². The molecular weight excluding hydrogens is 422 g/mol. The van der Waals surface area contributed by atoms with Gasteiger partial charge in [-0.05, 0) is 41.0 Å². The summed E-state index contributed by atoms with van der Waals surface area (Å²) in [5.74, 6) is 0.212. The Morgan fingerprint density at radius 3 is 2.48 bits per heavy atom. The van der Waals surface area contributed by atoms with Crippen LogP contribution in [0.3, 0.4) is 0 Å². The van der Waals surface area contributed by atoms with Gasteiger partial charge in [0.1, 0.15) is 12.1 Å². The first-order valence-corrected chi connectivity index (χ1v) is 10.5. The van der Waals surface area contributed by atoms with Crippen LogP contribution < -0.4 is 20.1 Å². The molecule has 4 amide bonds. The van der Waals surface area contributed by atoms with Gasteiger partial charge in [-0.25, -0.2) is 4.79 Å². The van der Waals surface area contributed by atoms with Crippen LogP contribution in [0.15, 0.2) is 60.7 Å².